The van der Waals surface area contributed by atoms with Crippen LogP contribution in [0.1, 0.15) is 45.4 Å². The maximum Gasteiger partial charge on any atom is 0.243 e. The zero-order valence-electron chi connectivity index (χ0n) is 16.7. The van der Waals surface area contributed by atoms with Gasteiger partial charge in [-0.25, -0.2) is 4.99 Å². The molecule has 0 saturated carbocycles. The van der Waals surface area contributed by atoms with Gasteiger partial charge in [-0.05, 0) is 38.5 Å². The number of likely N-dealkylation sites (tertiary alicyclic amines) is 1. The summed E-state index contributed by atoms with van der Waals surface area (Å²) in [4.78, 5) is 20.2. The molecule has 0 spiro atoms. The van der Waals surface area contributed by atoms with Crippen LogP contribution in [0, 0.1) is 0 Å². The van der Waals surface area contributed by atoms with Crippen molar-refractivity contribution >= 4 is 11.9 Å². The molecule has 0 aromatic carbocycles. The molecule has 0 radical (unpaired) electrons. The maximum absolute atomic E-state index is 11.8. The fourth-order valence-corrected chi connectivity index (χ4v) is 3.20. The van der Waals surface area contributed by atoms with Crippen molar-refractivity contribution in [1.82, 2.24) is 15.1 Å². The second-order valence-electron chi connectivity index (χ2n) is 7.36. The molecule has 1 unspecified atom stereocenters. The number of ether oxygens (including phenoxy) is 2. The largest absolute Gasteiger partial charge is 0.376 e. The Balaban J connectivity index is 1.77. The van der Waals surface area contributed by atoms with E-state index in [-0.39, 0.29) is 18.6 Å². The summed E-state index contributed by atoms with van der Waals surface area (Å²) in [5.41, 5.74) is 0. The van der Waals surface area contributed by atoms with Gasteiger partial charge >= 0.3 is 0 Å². The zero-order chi connectivity index (χ0) is 18.8. The molecule has 2 saturated heterocycles. The lowest BCUT2D eigenvalue weighted by atomic mass is 10.1. The average Bonchev–Trinajstić information content (AvgIpc) is 2.67. The number of rotatable bonds is 7. The first-order valence-electron chi connectivity index (χ1n) is 10.1. The Bertz CT molecular complexity index is 442. The molecule has 0 bridgehead atoms. The lowest BCUT2D eigenvalue weighted by Crippen LogP contribution is -2.48. The third-order valence-corrected chi connectivity index (χ3v) is 4.93. The highest BCUT2D eigenvalue weighted by molar-refractivity contribution is 5.84. The van der Waals surface area contributed by atoms with Crippen LogP contribution >= 0.6 is 0 Å². The summed E-state index contributed by atoms with van der Waals surface area (Å²) in [6, 6.07) is 0. The number of carbonyl (C=O) groups excluding carboxylic acids is 1. The average molecular weight is 369 g/mol. The summed E-state index contributed by atoms with van der Waals surface area (Å²) >= 11 is 0. The number of aliphatic imine (C=N–C) groups is 1. The van der Waals surface area contributed by atoms with Crippen molar-refractivity contribution in [2.24, 2.45) is 4.99 Å². The van der Waals surface area contributed by atoms with E-state index < -0.39 is 0 Å². The molecule has 1 N–H and O–H groups in total. The predicted molar refractivity (Wildman–Crippen MR) is 103 cm³/mol. The molecule has 2 heterocycles. The van der Waals surface area contributed by atoms with Gasteiger partial charge in [0, 0.05) is 40.3 Å². The van der Waals surface area contributed by atoms with Gasteiger partial charge in [-0.1, -0.05) is 6.92 Å². The maximum atomic E-state index is 11.8. The quantitative estimate of drug-likeness (QED) is 0.545. The summed E-state index contributed by atoms with van der Waals surface area (Å²) in [7, 11) is 3.52. The second kappa shape index (κ2) is 11.4. The van der Waals surface area contributed by atoms with Gasteiger partial charge in [-0.3, -0.25) is 4.79 Å². The van der Waals surface area contributed by atoms with Crippen LogP contribution in [0.15, 0.2) is 4.99 Å². The molecule has 2 fully saturated rings. The second-order valence-corrected chi connectivity index (χ2v) is 7.36. The standard InChI is InChI=1S/C19H36N4O3/c1-4-10-20-19(21-14-18(24)22(2)3)23-11-8-16(9-12-23)26-15-17-7-5-6-13-25-17/h16-17H,4-15H2,1-3H3,(H,20,21). The molecule has 2 rings (SSSR count). The monoisotopic (exact) mass is 368 g/mol. The molecule has 0 aromatic heterocycles. The topological polar surface area (TPSA) is 66.4 Å². The molecule has 0 aliphatic carbocycles. The summed E-state index contributed by atoms with van der Waals surface area (Å²) in [5.74, 6) is 0.864. The molecule has 150 valence electrons. The molecule has 0 aromatic rings. The number of carbonyl (C=O) groups is 1. The molecule has 2 aliphatic rings. The SMILES string of the molecule is CCCNC(=NCC(=O)N(C)C)N1CCC(OCC2CCCCO2)CC1. The molecular weight excluding hydrogens is 332 g/mol. The van der Waals surface area contributed by atoms with Crippen molar-refractivity contribution in [3.05, 3.63) is 0 Å². The first kappa shape index (κ1) is 21.0. The van der Waals surface area contributed by atoms with Gasteiger partial charge in [0.15, 0.2) is 5.96 Å². The molecular formula is C19H36N4O3. The Morgan fingerprint density at radius 1 is 1.27 bits per heavy atom. The predicted octanol–water partition coefficient (Wildman–Crippen LogP) is 1.48. The number of piperidine rings is 1. The molecule has 2 aliphatic heterocycles. The van der Waals surface area contributed by atoms with E-state index in [1.165, 1.54) is 12.8 Å². The van der Waals surface area contributed by atoms with Gasteiger partial charge in [-0.15, -0.1) is 0 Å². The van der Waals surface area contributed by atoms with Crippen LogP contribution in [0.3, 0.4) is 0 Å². The lowest BCUT2D eigenvalue weighted by molar-refractivity contribution is -0.127. The minimum absolute atomic E-state index is 0.0199. The highest BCUT2D eigenvalue weighted by Gasteiger charge is 2.24. The van der Waals surface area contributed by atoms with E-state index >= 15 is 0 Å². The van der Waals surface area contributed by atoms with E-state index in [1.807, 2.05) is 0 Å². The minimum atomic E-state index is 0.0199. The van der Waals surface area contributed by atoms with Crippen LogP contribution in [-0.2, 0) is 14.3 Å². The normalized spacial score (nSPS) is 22.3. The summed E-state index contributed by atoms with van der Waals surface area (Å²) < 4.78 is 11.8. The van der Waals surface area contributed by atoms with Gasteiger partial charge in [0.25, 0.3) is 0 Å². The first-order chi connectivity index (χ1) is 12.6. The smallest absolute Gasteiger partial charge is 0.243 e. The Hall–Kier alpha value is -1.34. The molecule has 26 heavy (non-hydrogen) atoms. The fraction of sp³-hybridized carbons (Fsp3) is 0.895. The van der Waals surface area contributed by atoms with Gasteiger partial charge < -0.3 is 24.6 Å². The highest BCUT2D eigenvalue weighted by Crippen LogP contribution is 2.18. The Kier molecular flexibility index (Phi) is 9.18. The summed E-state index contributed by atoms with van der Waals surface area (Å²) in [6.45, 7) is 6.59. The van der Waals surface area contributed by atoms with E-state index in [0.29, 0.717) is 6.10 Å². The van der Waals surface area contributed by atoms with Crippen LogP contribution in [0.4, 0.5) is 0 Å². The van der Waals surface area contributed by atoms with E-state index in [2.05, 4.69) is 22.1 Å². The van der Waals surface area contributed by atoms with E-state index in [4.69, 9.17) is 9.47 Å². The number of amides is 1. The van der Waals surface area contributed by atoms with E-state index in [1.54, 1.807) is 19.0 Å². The third kappa shape index (κ3) is 7.11. The summed E-state index contributed by atoms with van der Waals surface area (Å²) in [6.07, 6.45) is 7.13. The Morgan fingerprint density at radius 2 is 2.04 bits per heavy atom. The van der Waals surface area contributed by atoms with E-state index in [0.717, 1.165) is 64.5 Å². The van der Waals surface area contributed by atoms with Crippen LogP contribution in [0.25, 0.3) is 0 Å². The third-order valence-electron chi connectivity index (χ3n) is 4.93. The highest BCUT2D eigenvalue weighted by atomic mass is 16.5. The number of likely N-dealkylation sites (N-methyl/N-ethyl adjacent to an activating group) is 1. The Morgan fingerprint density at radius 3 is 2.65 bits per heavy atom. The molecule has 7 heteroatoms. The van der Waals surface area contributed by atoms with Crippen LogP contribution < -0.4 is 5.32 Å². The molecule has 1 amide bonds. The van der Waals surface area contributed by atoms with Crippen molar-refractivity contribution in [3.63, 3.8) is 0 Å². The van der Waals surface area contributed by atoms with Crippen molar-refractivity contribution in [1.29, 1.82) is 0 Å². The summed E-state index contributed by atoms with van der Waals surface area (Å²) in [5, 5.41) is 3.38. The number of hydrogen-bond acceptors (Lipinski definition) is 4. The van der Waals surface area contributed by atoms with Gasteiger partial charge in [0.1, 0.15) is 6.54 Å². The molecule has 7 nitrogen and oxygen atoms in total. The van der Waals surface area contributed by atoms with Gasteiger partial charge in [0.05, 0.1) is 18.8 Å². The van der Waals surface area contributed by atoms with Crippen molar-refractivity contribution in [3.8, 4) is 0 Å². The number of guanidine groups is 1. The van der Waals surface area contributed by atoms with E-state index in [9.17, 15) is 4.79 Å². The van der Waals surface area contributed by atoms with Gasteiger partial charge in [-0.2, -0.15) is 0 Å². The number of nitrogens with one attached hydrogen (secondary N) is 1. The van der Waals surface area contributed by atoms with Crippen molar-refractivity contribution in [2.45, 2.75) is 57.7 Å². The number of hydrogen-bond donors (Lipinski definition) is 1. The van der Waals surface area contributed by atoms with Gasteiger partial charge in [0.2, 0.25) is 5.91 Å². The minimum Gasteiger partial charge on any atom is -0.376 e. The zero-order valence-corrected chi connectivity index (χ0v) is 16.7. The first-order valence-corrected chi connectivity index (χ1v) is 10.1. The number of nitrogens with zero attached hydrogens (tertiary/aromatic N) is 3. The van der Waals surface area contributed by atoms with Crippen LogP contribution in [-0.4, -0.2) is 87.4 Å². The van der Waals surface area contributed by atoms with Crippen LogP contribution in [0.2, 0.25) is 0 Å². The molecule has 1 atom stereocenters. The lowest BCUT2D eigenvalue weighted by Gasteiger charge is -2.35. The fourth-order valence-electron chi connectivity index (χ4n) is 3.20. The van der Waals surface area contributed by atoms with Crippen molar-refractivity contribution < 1.29 is 14.3 Å². The van der Waals surface area contributed by atoms with Crippen LogP contribution in [0.5, 0.6) is 0 Å². The van der Waals surface area contributed by atoms with Crippen molar-refractivity contribution in [2.75, 3.05) is 53.5 Å². The Labute approximate surface area is 158 Å².